The fourth-order valence-corrected chi connectivity index (χ4v) is 7.40. The molecule has 1 fully saturated rings. The van der Waals surface area contributed by atoms with Crippen LogP contribution < -0.4 is 14.9 Å². The number of methoxy groups -OCH3 is 1. The minimum Gasteiger partial charge on any atom is -0.381 e. The van der Waals surface area contributed by atoms with Crippen molar-refractivity contribution in [1.82, 2.24) is 29.9 Å². The zero-order valence-corrected chi connectivity index (χ0v) is 27.4. The summed E-state index contributed by atoms with van der Waals surface area (Å²) >= 11 is 12.1. The highest BCUT2D eigenvalue weighted by Gasteiger charge is 2.25. The number of fused-ring (bicyclic) bond motifs is 2. The Morgan fingerprint density at radius 1 is 0.958 bits per heavy atom. The molecule has 0 saturated carbocycles. The van der Waals surface area contributed by atoms with Crippen LogP contribution in [0.1, 0.15) is 12.8 Å². The number of pyridine rings is 1. The van der Waals surface area contributed by atoms with Crippen LogP contribution >= 0.6 is 23.2 Å². The predicted molar refractivity (Wildman–Crippen MR) is 179 cm³/mol. The Labute approximate surface area is 282 Å². The lowest BCUT2D eigenvalue weighted by Gasteiger charge is -2.32. The van der Waals surface area contributed by atoms with E-state index in [0.717, 1.165) is 43.8 Å². The zero-order valence-electron chi connectivity index (χ0n) is 25.0. The highest BCUT2D eigenvalue weighted by Crippen LogP contribution is 2.35. The van der Waals surface area contributed by atoms with Gasteiger partial charge in [-0.25, -0.2) is 32.2 Å². The summed E-state index contributed by atoms with van der Waals surface area (Å²) in [7, 11) is -2.68. The largest absolute Gasteiger partial charge is 0.381 e. The van der Waals surface area contributed by atoms with Crippen LogP contribution in [0.15, 0.2) is 71.9 Å². The van der Waals surface area contributed by atoms with Crippen molar-refractivity contribution in [2.45, 2.75) is 23.8 Å². The second-order valence-corrected chi connectivity index (χ2v) is 13.3. The van der Waals surface area contributed by atoms with Crippen LogP contribution in [0.4, 0.5) is 31.7 Å². The molecule has 2 N–H and O–H groups in total. The number of hydrogen-bond acceptors (Lipinski definition) is 10. The van der Waals surface area contributed by atoms with Crippen molar-refractivity contribution in [2.24, 2.45) is 0 Å². The lowest BCUT2D eigenvalue weighted by atomic mass is 10.1. The third kappa shape index (κ3) is 5.83. The monoisotopic (exact) mass is 711 g/mol. The van der Waals surface area contributed by atoms with Gasteiger partial charge in [-0.15, -0.1) is 5.10 Å². The van der Waals surface area contributed by atoms with Gasteiger partial charge in [0.05, 0.1) is 38.6 Å². The molecule has 0 amide bonds. The molecule has 0 bridgehead atoms. The molecule has 0 spiro atoms. The molecule has 1 aliphatic heterocycles. The lowest BCUT2D eigenvalue weighted by Crippen LogP contribution is -2.36. The minimum absolute atomic E-state index is 0.00838. The second kappa shape index (κ2) is 12.7. The fourth-order valence-electron chi connectivity index (χ4n) is 5.58. The van der Waals surface area contributed by atoms with Crippen LogP contribution in [0.3, 0.4) is 0 Å². The number of piperidine rings is 1. The Bertz CT molecular complexity index is 2300. The van der Waals surface area contributed by atoms with Crippen molar-refractivity contribution >= 4 is 78.2 Å². The van der Waals surface area contributed by atoms with Gasteiger partial charge in [0, 0.05) is 20.2 Å². The van der Waals surface area contributed by atoms with Crippen molar-refractivity contribution in [1.29, 1.82) is 0 Å². The number of nitrogens with one attached hydrogen (secondary N) is 2. The molecular formula is C31H25Cl2F2N9O3S. The summed E-state index contributed by atoms with van der Waals surface area (Å²) in [6.07, 6.45) is 3.23. The zero-order chi connectivity index (χ0) is 33.6. The highest BCUT2D eigenvalue weighted by atomic mass is 35.5. The Kier molecular flexibility index (Phi) is 8.45. The number of hydrogen-bond donors (Lipinski definition) is 2. The summed E-state index contributed by atoms with van der Waals surface area (Å²) < 4.78 is 66.1. The number of aromatic nitrogens is 6. The van der Waals surface area contributed by atoms with Crippen LogP contribution in [-0.2, 0) is 14.8 Å². The smallest absolute Gasteiger partial charge is 0.263 e. The molecule has 246 valence electrons. The van der Waals surface area contributed by atoms with E-state index >= 15 is 8.78 Å². The highest BCUT2D eigenvalue weighted by molar-refractivity contribution is 7.92. The Morgan fingerprint density at radius 2 is 1.75 bits per heavy atom. The van der Waals surface area contributed by atoms with E-state index in [1.165, 1.54) is 24.5 Å². The second-order valence-electron chi connectivity index (χ2n) is 10.9. The average Bonchev–Trinajstić information content (AvgIpc) is 3.53. The summed E-state index contributed by atoms with van der Waals surface area (Å²) in [5, 5.41) is 11.2. The Balaban J connectivity index is 1.22. The Hall–Kier alpha value is -4.70. The molecule has 3 aromatic carbocycles. The van der Waals surface area contributed by atoms with Crippen molar-refractivity contribution < 1.29 is 21.9 Å². The first-order valence-electron chi connectivity index (χ1n) is 14.6. The van der Waals surface area contributed by atoms with Crippen molar-refractivity contribution in [2.75, 3.05) is 35.1 Å². The summed E-state index contributed by atoms with van der Waals surface area (Å²) in [5.74, 6) is -1.92. The molecule has 1 saturated heterocycles. The van der Waals surface area contributed by atoms with Gasteiger partial charge < -0.3 is 15.0 Å². The molecule has 0 radical (unpaired) electrons. The number of benzene rings is 3. The molecule has 48 heavy (non-hydrogen) atoms. The quantitative estimate of drug-likeness (QED) is 0.180. The van der Waals surface area contributed by atoms with Crippen molar-refractivity contribution in [3.05, 3.63) is 88.7 Å². The van der Waals surface area contributed by atoms with Gasteiger partial charge in [-0.3, -0.25) is 4.72 Å². The molecule has 0 atom stereocenters. The molecule has 17 heteroatoms. The first-order chi connectivity index (χ1) is 23.1. The first-order valence-corrected chi connectivity index (χ1v) is 16.8. The van der Waals surface area contributed by atoms with Crippen molar-refractivity contribution in [3.63, 3.8) is 0 Å². The van der Waals surface area contributed by atoms with Crippen LogP contribution in [0.2, 0.25) is 10.0 Å². The molecule has 0 unspecified atom stereocenters. The number of nitrogens with zero attached hydrogens (tertiary/aromatic N) is 7. The van der Waals surface area contributed by atoms with Gasteiger partial charge in [-0.2, -0.15) is 4.68 Å². The van der Waals surface area contributed by atoms with E-state index in [-0.39, 0.29) is 32.4 Å². The van der Waals surface area contributed by atoms with Crippen LogP contribution in [0.5, 0.6) is 0 Å². The molecule has 4 heterocycles. The summed E-state index contributed by atoms with van der Waals surface area (Å²) in [5.41, 5.74) is 1.67. The van der Waals surface area contributed by atoms with Crippen LogP contribution in [0, 0.1) is 11.6 Å². The minimum atomic E-state index is -4.41. The number of anilines is 4. The predicted octanol–water partition coefficient (Wildman–Crippen LogP) is 6.50. The van der Waals surface area contributed by atoms with E-state index in [0.29, 0.717) is 22.4 Å². The normalized spacial score (nSPS) is 14.1. The van der Waals surface area contributed by atoms with Gasteiger partial charge in [0.1, 0.15) is 33.8 Å². The average molecular weight is 713 g/mol. The van der Waals surface area contributed by atoms with Gasteiger partial charge >= 0.3 is 0 Å². The van der Waals surface area contributed by atoms with E-state index in [9.17, 15) is 8.42 Å². The first kappa shape index (κ1) is 31.9. The molecule has 1 aliphatic rings. The summed E-state index contributed by atoms with van der Waals surface area (Å²) in [6, 6.07) is 15.0. The molecule has 0 aliphatic carbocycles. The molecular weight excluding hydrogens is 687 g/mol. The van der Waals surface area contributed by atoms with E-state index in [1.54, 1.807) is 23.9 Å². The van der Waals surface area contributed by atoms with E-state index in [1.807, 2.05) is 18.2 Å². The maximum atomic E-state index is 15.8. The molecule has 6 aromatic rings. The lowest BCUT2D eigenvalue weighted by molar-refractivity contribution is 0.0819. The number of halogens is 4. The van der Waals surface area contributed by atoms with Gasteiger partial charge in [0.2, 0.25) is 0 Å². The van der Waals surface area contributed by atoms with Gasteiger partial charge in [-0.1, -0.05) is 40.5 Å². The van der Waals surface area contributed by atoms with E-state index in [4.69, 9.17) is 27.9 Å². The number of rotatable bonds is 8. The standard InChI is InChI=1S/C31H25Cl2F2N9O3S/c1-47-17-12-14-43(15-13-17)22-5-3-6-23-30(22)40-42-44(23)25-11-10-21-29(38-25)31(37-16-36-21)39-28-19(34)8-9-20(27(28)35)41-48(45,46)24-7-2-4-18(32)26(24)33/h2-11,16-17,41H,12-15H2,1H3,(H,36,37,39). The van der Waals surface area contributed by atoms with E-state index < -0.39 is 33.0 Å². The molecule has 3 aromatic heterocycles. The maximum absolute atomic E-state index is 15.8. The SMILES string of the molecule is COC1CCN(c2cccc3c2nnn3-c2ccc3ncnc(Nc4c(F)ccc(NS(=O)(=O)c5cccc(Cl)c5Cl)c4F)c3n2)CC1. The van der Waals surface area contributed by atoms with E-state index in [2.05, 4.69) is 40.2 Å². The fraction of sp³-hybridized carbons (Fsp3) is 0.194. The van der Waals surface area contributed by atoms with Crippen molar-refractivity contribution in [3.8, 4) is 5.82 Å². The maximum Gasteiger partial charge on any atom is 0.263 e. The topological polar surface area (TPSA) is 140 Å². The molecule has 12 nitrogen and oxygen atoms in total. The third-order valence-electron chi connectivity index (χ3n) is 8.04. The molecule has 7 rings (SSSR count). The number of ether oxygens (including phenoxy) is 1. The number of sulfonamides is 1. The third-order valence-corrected chi connectivity index (χ3v) is 10.4. The van der Waals surface area contributed by atoms with Crippen LogP contribution in [-0.4, -0.2) is 64.7 Å². The van der Waals surface area contributed by atoms with Crippen LogP contribution in [0.25, 0.3) is 27.9 Å². The van der Waals surface area contributed by atoms with Gasteiger partial charge in [0.25, 0.3) is 10.0 Å². The summed E-state index contributed by atoms with van der Waals surface area (Å²) in [6.45, 7) is 1.63. The Morgan fingerprint density at radius 3 is 2.54 bits per heavy atom. The van der Waals surface area contributed by atoms with Gasteiger partial charge in [0.15, 0.2) is 17.5 Å². The summed E-state index contributed by atoms with van der Waals surface area (Å²) in [4.78, 5) is 15.0. The van der Waals surface area contributed by atoms with Gasteiger partial charge in [-0.05, 0) is 61.4 Å².